The van der Waals surface area contributed by atoms with Crippen molar-refractivity contribution in [3.8, 4) is 0 Å². The Balaban J connectivity index is 1.91. The second-order valence-corrected chi connectivity index (χ2v) is 37.5. The fraction of sp³-hybridized carbons (Fsp3) is 0.593. The van der Waals surface area contributed by atoms with Gasteiger partial charge in [-0.05, 0) is 81.4 Å². The van der Waals surface area contributed by atoms with Crippen LogP contribution in [0.5, 0.6) is 0 Å². The molecule has 1 heterocycles. The number of carbonyl (C=O) groups excluding carboxylic acids is 13. The van der Waals surface area contributed by atoms with E-state index < -0.39 is 156 Å². The van der Waals surface area contributed by atoms with E-state index in [0.717, 1.165) is 4.90 Å². The highest BCUT2D eigenvalue weighted by Crippen LogP contribution is 2.37. The number of ether oxygens (including phenoxy) is 2. The Bertz CT molecular complexity index is 3560. The fourth-order valence-electron chi connectivity index (χ4n) is 11.9. The molecule has 0 bridgehead atoms. The normalized spacial score (nSPS) is 23.4. The average molecular weight is 1600 g/mol. The molecule has 0 saturated carbocycles. The van der Waals surface area contributed by atoms with Gasteiger partial charge >= 0.3 is 12.1 Å². The summed E-state index contributed by atoms with van der Waals surface area (Å²) in [4.78, 5) is 196. The molecule has 3 aromatic rings. The van der Waals surface area contributed by atoms with E-state index in [9.17, 15) is 43.2 Å². The zero-order valence-corrected chi connectivity index (χ0v) is 70.7. The van der Waals surface area contributed by atoms with Crippen LogP contribution in [-0.2, 0) is 86.3 Å². The zero-order chi connectivity index (χ0) is 82.3. The summed E-state index contributed by atoms with van der Waals surface area (Å²) in [6.45, 7) is 28.9. The number of likely N-dealkylation sites (N-methyl/N-ethyl adjacent to an activating group) is 4. The van der Waals surface area contributed by atoms with Gasteiger partial charge in [-0.15, -0.1) is 0 Å². The second-order valence-electron chi connectivity index (χ2n) is 31.1. The standard InChI is InChI=1S/C81H120N10O15S4/c1-20-40-105-79(104)87-63(48-107-109-80(10,11)12)72(97)82-39-31-30-38-59-47-66(92)60(44-56-32-24-21-25-33-56)84-73(98)68(49-108-110-81(13,14)15)106-78(103)62(45-57-34-26-22-27-35-57)86-69(94)53(7)83-70(95)54(8)88(16)77(102)65(46-58-36-28-23-29-37-58)91(19)74(99)52(6)43-67(93)64(42-51(4)5)90(18)75(100)55(9)89(17)76(101)61(41-50(2)3)85-71(59)96/h20-29,32-37,50-55,59-65,68H,1,30-31,38-49H2,2-19H3,(H,82,97)(H,83,95)(H,84,98)(H,85,96)(H,86,94)(H,87,104)/t52-,53+,54+,55+,59-,60+,61+,62+,63+,64+,65+,68?/m1/s1. The van der Waals surface area contributed by atoms with Crippen molar-refractivity contribution in [1.29, 1.82) is 0 Å². The zero-order valence-electron chi connectivity index (χ0n) is 67.5. The number of cyclic esters (lactones) is 1. The smallest absolute Gasteiger partial charge is 0.408 e. The summed E-state index contributed by atoms with van der Waals surface area (Å²) in [6.07, 6.45) is -1.35. The van der Waals surface area contributed by atoms with Crippen LogP contribution in [-0.4, -0.2) is 219 Å². The number of amides is 10. The minimum Gasteiger partial charge on any atom is -0.450 e. The third-order valence-corrected chi connectivity index (χ3v) is 25.0. The van der Waals surface area contributed by atoms with Crippen molar-refractivity contribution < 1.29 is 71.8 Å². The number of ketones is 2. The number of Topliss-reactive ketones (excluding diaryl/α,β-unsaturated/α-hetero) is 2. The average Bonchev–Trinajstić information content (AvgIpc) is 0.830. The molecule has 29 heteroatoms. The fourth-order valence-corrected chi connectivity index (χ4v) is 16.8. The van der Waals surface area contributed by atoms with E-state index in [1.54, 1.807) is 97.9 Å². The van der Waals surface area contributed by atoms with Gasteiger partial charge in [-0.1, -0.05) is 229 Å². The number of benzene rings is 3. The topological polar surface area (TPSA) is 326 Å². The van der Waals surface area contributed by atoms with E-state index >= 15 is 19.2 Å². The first kappa shape index (κ1) is 94.5. The van der Waals surface area contributed by atoms with Crippen LogP contribution in [0.1, 0.15) is 159 Å². The Morgan fingerprint density at radius 1 is 0.564 bits per heavy atom. The Hall–Kier alpha value is -7.89. The van der Waals surface area contributed by atoms with E-state index in [4.69, 9.17) is 9.47 Å². The van der Waals surface area contributed by atoms with E-state index in [0.29, 0.717) is 16.7 Å². The highest BCUT2D eigenvalue weighted by molar-refractivity contribution is 8.77. The summed E-state index contributed by atoms with van der Waals surface area (Å²) in [5.41, 5.74) is 1.89. The lowest BCUT2D eigenvalue weighted by Gasteiger charge is -2.36. The van der Waals surface area contributed by atoms with Crippen molar-refractivity contribution in [3.63, 3.8) is 0 Å². The Morgan fingerprint density at radius 2 is 1.07 bits per heavy atom. The van der Waals surface area contributed by atoms with E-state index in [1.807, 2.05) is 69.2 Å². The van der Waals surface area contributed by atoms with Gasteiger partial charge in [0, 0.05) is 87.5 Å². The molecule has 0 spiro atoms. The maximum atomic E-state index is 15.4. The van der Waals surface area contributed by atoms with Crippen LogP contribution in [0.2, 0.25) is 0 Å². The summed E-state index contributed by atoms with van der Waals surface area (Å²) in [6, 6.07) is 15.2. The van der Waals surface area contributed by atoms with Crippen molar-refractivity contribution in [2.45, 2.75) is 231 Å². The van der Waals surface area contributed by atoms with Gasteiger partial charge in [-0.2, -0.15) is 0 Å². The lowest BCUT2D eigenvalue weighted by molar-refractivity contribution is -0.157. The number of nitrogens with zero attached hydrogens (tertiary/aromatic N) is 4. The molecule has 1 unspecified atom stereocenters. The molecule has 4 rings (SSSR count). The van der Waals surface area contributed by atoms with Gasteiger partial charge in [0.2, 0.25) is 47.3 Å². The third kappa shape index (κ3) is 32.4. The molecule has 0 aromatic heterocycles. The monoisotopic (exact) mass is 1600 g/mol. The van der Waals surface area contributed by atoms with E-state index in [2.05, 4.69) is 38.5 Å². The predicted octanol–water partition coefficient (Wildman–Crippen LogP) is 9.14. The maximum Gasteiger partial charge on any atom is 0.408 e. The molecule has 1 saturated heterocycles. The Kier molecular flexibility index (Phi) is 39.7. The molecule has 10 amide bonds. The summed E-state index contributed by atoms with van der Waals surface area (Å²) in [7, 11) is 11.3. The van der Waals surface area contributed by atoms with Crippen molar-refractivity contribution in [3.05, 3.63) is 120 Å². The van der Waals surface area contributed by atoms with Gasteiger partial charge in [-0.3, -0.25) is 52.7 Å². The summed E-state index contributed by atoms with van der Waals surface area (Å²) >= 11 is 0. The number of nitrogens with one attached hydrogen (secondary N) is 6. The van der Waals surface area contributed by atoms with Crippen molar-refractivity contribution in [1.82, 2.24) is 51.5 Å². The number of carbonyl (C=O) groups is 13. The molecule has 608 valence electrons. The number of unbranched alkanes of at least 4 members (excludes halogenated alkanes) is 1. The van der Waals surface area contributed by atoms with Crippen LogP contribution in [0, 0.1) is 23.7 Å². The Morgan fingerprint density at radius 3 is 1.62 bits per heavy atom. The Labute approximate surface area is 667 Å². The van der Waals surface area contributed by atoms with Gasteiger partial charge in [0.1, 0.15) is 48.9 Å². The molecule has 0 radical (unpaired) electrons. The highest BCUT2D eigenvalue weighted by Gasteiger charge is 2.41. The predicted molar refractivity (Wildman–Crippen MR) is 437 cm³/mol. The largest absolute Gasteiger partial charge is 0.450 e. The van der Waals surface area contributed by atoms with Gasteiger partial charge in [0.15, 0.2) is 17.7 Å². The number of rotatable bonds is 25. The van der Waals surface area contributed by atoms with Gasteiger partial charge in [0.25, 0.3) is 5.91 Å². The maximum absolute atomic E-state index is 15.4. The SMILES string of the molecule is C=CCOC(=O)N[C@@H](CSSC(C)(C)C)C(=O)NCCCC[C@@H]1CC(=O)[C@H](Cc2ccccc2)NC(=O)C(CSSC(C)(C)C)OC(=O)[C@H](Cc2ccccc2)NC(=O)[C@H](C)NC(=O)[C@H](C)N(C)C(=O)[C@H](Cc2ccccc2)N(C)C(=O)[C@H](C)CC(=O)[C@H](CC(C)C)N(C)C(=O)[C@H](C)N(C)C(=O)[C@H](CC(C)C)NC1=O. The lowest BCUT2D eigenvalue weighted by Crippen LogP contribution is -2.58. The van der Waals surface area contributed by atoms with Crippen molar-refractivity contribution in [2.24, 2.45) is 23.7 Å². The molecule has 110 heavy (non-hydrogen) atoms. The van der Waals surface area contributed by atoms with Crippen LogP contribution in [0.3, 0.4) is 0 Å². The molecule has 6 N–H and O–H groups in total. The second kappa shape index (κ2) is 46.2. The number of hydrogen-bond acceptors (Lipinski definition) is 19. The molecule has 1 fully saturated rings. The minimum atomic E-state index is -1.61. The minimum absolute atomic E-state index is 0.000935. The molecule has 1 aliphatic rings. The van der Waals surface area contributed by atoms with Crippen molar-refractivity contribution >= 4 is 120 Å². The molecule has 0 aliphatic carbocycles. The highest BCUT2D eigenvalue weighted by atomic mass is 33.1. The molecular formula is C81H120N10O15S4. The van der Waals surface area contributed by atoms with E-state index in [-0.39, 0.29) is 104 Å². The van der Waals surface area contributed by atoms with Crippen LogP contribution in [0.15, 0.2) is 104 Å². The summed E-state index contributed by atoms with van der Waals surface area (Å²) in [5, 5.41) is 16.8. The lowest BCUT2D eigenvalue weighted by atomic mass is 9.90. The summed E-state index contributed by atoms with van der Waals surface area (Å²) < 4.78 is 10.8. The van der Waals surface area contributed by atoms with Crippen LogP contribution in [0.25, 0.3) is 0 Å². The first-order valence-corrected chi connectivity index (χ1v) is 42.4. The number of hydrogen-bond donors (Lipinski definition) is 6. The van der Waals surface area contributed by atoms with Crippen molar-refractivity contribution in [2.75, 3.05) is 52.8 Å². The van der Waals surface area contributed by atoms with Gasteiger partial charge < -0.3 is 61.0 Å². The molecular weight excluding hydrogens is 1480 g/mol. The molecule has 12 atom stereocenters. The van der Waals surface area contributed by atoms with Crippen LogP contribution >= 0.6 is 43.2 Å². The molecule has 1 aliphatic heterocycles. The third-order valence-electron chi connectivity index (χ3n) is 18.4. The first-order chi connectivity index (χ1) is 51.6. The molecule has 25 nitrogen and oxygen atoms in total. The van der Waals surface area contributed by atoms with Crippen LogP contribution in [0.4, 0.5) is 4.79 Å². The summed E-state index contributed by atoms with van der Waals surface area (Å²) in [5.74, 6) is -10.8. The van der Waals surface area contributed by atoms with Gasteiger partial charge in [-0.25, -0.2) is 9.59 Å². The van der Waals surface area contributed by atoms with Gasteiger partial charge in [0.05, 0.1) is 17.8 Å². The van der Waals surface area contributed by atoms with Crippen LogP contribution < -0.4 is 31.9 Å². The van der Waals surface area contributed by atoms with E-state index in [1.165, 1.54) is 113 Å². The first-order valence-electron chi connectivity index (χ1n) is 37.7. The molecule has 3 aromatic carbocycles. The number of esters is 1. The quantitative estimate of drug-likeness (QED) is 0.0199. The number of alkyl carbamates (subject to hydrolysis) is 1.